The molecule has 1 aliphatic carbocycles. The average Bonchev–Trinajstić information content (AvgIpc) is 2.92. The molecule has 2 rings (SSSR count). The maximum absolute atomic E-state index is 13.5. The Morgan fingerprint density at radius 3 is 2.73 bits per heavy atom. The van der Waals surface area contributed by atoms with Crippen molar-refractivity contribution in [3.05, 3.63) is 11.8 Å². The van der Waals surface area contributed by atoms with Gasteiger partial charge in [0.1, 0.15) is 11.4 Å². The van der Waals surface area contributed by atoms with Crippen molar-refractivity contribution in [1.82, 2.24) is 15.5 Å². The molecular formula is C20H32F3N5O2. The molecular weight excluding hydrogens is 399 g/mol. The first kappa shape index (κ1) is 24.3. The number of alkyl halides is 3. The van der Waals surface area contributed by atoms with Crippen LogP contribution < -0.4 is 10.6 Å². The van der Waals surface area contributed by atoms with Gasteiger partial charge in [0.2, 0.25) is 5.91 Å². The summed E-state index contributed by atoms with van der Waals surface area (Å²) in [5.41, 5.74) is -0.956. The Balaban J connectivity index is 1.94. The molecule has 0 unspecified atom stereocenters. The molecule has 1 saturated carbocycles. The van der Waals surface area contributed by atoms with Gasteiger partial charge in [-0.05, 0) is 26.0 Å². The summed E-state index contributed by atoms with van der Waals surface area (Å²) < 4.78 is 45.7. The molecule has 0 aromatic rings. The van der Waals surface area contributed by atoms with E-state index >= 15 is 0 Å². The Hall–Kier alpha value is -1.94. The number of nitrogens with zero attached hydrogens (tertiary/aromatic N) is 3. The molecule has 0 radical (unpaired) electrons. The number of amides is 1. The topological polar surface area (TPSA) is 78.3 Å². The second kappa shape index (κ2) is 12.7. The van der Waals surface area contributed by atoms with Crippen molar-refractivity contribution >= 4 is 18.5 Å². The minimum absolute atomic E-state index is 0.00445. The molecule has 2 aliphatic rings. The molecule has 2 N–H and O–H groups in total. The smallest absolute Gasteiger partial charge is 0.379 e. The predicted molar refractivity (Wildman–Crippen MR) is 111 cm³/mol. The first-order valence-electron chi connectivity index (χ1n) is 10.5. The van der Waals surface area contributed by atoms with Gasteiger partial charge in [0.25, 0.3) is 0 Å². The second-order valence-corrected chi connectivity index (χ2v) is 7.45. The minimum Gasteiger partial charge on any atom is -0.379 e. The van der Waals surface area contributed by atoms with Crippen LogP contribution in [0.25, 0.3) is 0 Å². The number of rotatable bonds is 9. The maximum Gasteiger partial charge on any atom is 0.421 e. The Bertz CT molecular complexity index is 616. The van der Waals surface area contributed by atoms with E-state index in [4.69, 9.17) is 4.74 Å². The van der Waals surface area contributed by atoms with Gasteiger partial charge >= 0.3 is 6.18 Å². The highest BCUT2D eigenvalue weighted by Crippen LogP contribution is 2.26. The molecule has 0 aromatic heterocycles. The Labute approximate surface area is 175 Å². The molecule has 10 heteroatoms. The largest absolute Gasteiger partial charge is 0.421 e. The number of ether oxygens (including phenoxy) is 1. The summed E-state index contributed by atoms with van der Waals surface area (Å²) in [5, 5.41) is 6.00. The lowest BCUT2D eigenvalue weighted by atomic mass is 9.96. The van der Waals surface area contributed by atoms with Crippen LogP contribution in [0.1, 0.15) is 44.9 Å². The van der Waals surface area contributed by atoms with Gasteiger partial charge in [-0.25, -0.2) is 0 Å². The Kier molecular flexibility index (Phi) is 10.3. The van der Waals surface area contributed by atoms with Gasteiger partial charge in [-0.3, -0.25) is 20.1 Å². The third-order valence-corrected chi connectivity index (χ3v) is 5.22. The van der Waals surface area contributed by atoms with Crippen LogP contribution in [0, 0.1) is 0 Å². The lowest BCUT2D eigenvalue weighted by Crippen LogP contribution is -2.38. The predicted octanol–water partition coefficient (Wildman–Crippen LogP) is 2.64. The molecule has 1 heterocycles. The van der Waals surface area contributed by atoms with E-state index in [1.807, 2.05) is 0 Å². The normalized spacial score (nSPS) is 20.2. The van der Waals surface area contributed by atoms with E-state index in [2.05, 4.69) is 27.3 Å². The van der Waals surface area contributed by atoms with Gasteiger partial charge in [0.05, 0.1) is 26.3 Å². The van der Waals surface area contributed by atoms with E-state index in [0.29, 0.717) is 45.3 Å². The highest BCUT2D eigenvalue weighted by atomic mass is 19.4. The van der Waals surface area contributed by atoms with Gasteiger partial charge in [-0.1, -0.05) is 19.3 Å². The minimum atomic E-state index is -4.60. The summed E-state index contributed by atoms with van der Waals surface area (Å²) in [6.07, 6.45) is 2.39. The van der Waals surface area contributed by atoms with E-state index in [0.717, 1.165) is 25.7 Å². The molecule has 0 aromatic carbocycles. The first-order valence-corrected chi connectivity index (χ1v) is 10.5. The highest BCUT2D eigenvalue weighted by molar-refractivity contribution is 5.99. The summed E-state index contributed by atoms with van der Waals surface area (Å²) >= 11 is 0. The molecule has 1 amide bonds. The van der Waals surface area contributed by atoms with Crippen LogP contribution >= 0.6 is 0 Å². The average molecular weight is 432 g/mol. The quantitative estimate of drug-likeness (QED) is 0.334. The molecule has 170 valence electrons. The van der Waals surface area contributed by atoms with E-state index < -0.39 is 11.7 Å². The van der Waals surface area contributed by atoms with E-state index in [1.54, 1.807) is 4.90 Å². The summed E-state index contributed by atoms with van der Waals surface area (Å²) in [4.78, 5) is 21.1. The summed E-state index contributed by atoms with van der Waals surface area (Å²) in [6, 6.07) is 0.288. The second-order valence-electron chi connectivity index (χ2n) is 7.45. The molecule has 30 heavy (non-hydrogen) atoms. The van der Waals surface area contributed by atoms with Crippen molar-refractivity contribution in [2.75, 3.05) is 39.5 Å². The van der Waals surface area contributed by atoms with Gasteiger partial charge in [0, 0.05) is 31.9 Å². The fourth-order valence-corrected chi connectivity index (χ4v) is 3.59. The number of hydrogen-bond acceptors (Lipinski definition) is 5. The lowest BCUT2D eigenvalue weighted by molar-refractivity contribution is -0.130. The number of halogens is 3. The van der Waals surface area contributed by atoms with Gasteiger partial charge in [-0.2, -0.15) is 13.2 Å². The number of hydrogen-bond donors (Lipinski definition) is 2. The molecule has 2 fully saturated rings. The molecule has 0 bridgehead atoms. The number of nitrogens with one attached hydrogen (secondary N) is 2. The van der Waals surface area contributed by atoms with Crippen molar-refractivity contribution in [1.29, 1.82) is 0 Å². The van der Waals surface area contributed by atoms with Crippen LogP contribution in [-0.4, -0.2) is 75.1 Å². The fourth-order valence-electron chi connectivity index (χ4n) is 3.59. The zero-order valence-corrected chi connectivity index (χ0v) is 17.3. The van der Waals surface area contributed by atoms with Crippen molar-refractivity contribution in [3.63, 3.8) is 0 Å². The van der Waals surface area contributed by atoms with E-state index in [-0.39, 0.29) is 31.0 Å². The maximum atomic E-state index is 13.5. The summed E-state index contributed by atoms with van der Waals surface area (Å²) in [6.45, 7) is 5.33. The molecule has 0 spiro atoms. The van der Waals surface area contributed by atoms with Crippen LogP contribution in [0.3, 0.4) is 0 Å². The van der Waals surface area contributed by atoms with Crippen molar-refractivity contribution in [3.8, 4) is 0 Å². The fraction of sp³-hybridized carbons (Fsp3) is 0.750. The molecule has 1 saturated heterocycles. The monoisotopic (exact) mass is 431 g/mol. The standard InChI is InChI=1S/C20H32F3N5O2/c1-24-14-17(20(21,22)23)19(27-15-26-16-6-3-2-4-7-16)25-9-5-10-28-11-13-30-12-8-18(28)29/h14,16,26H,1-13,15H2,(H,25,27)/b17-14+. The van der Waals surface area contributed by atoms with Crippen LogP contribution in [0.15, 0.2) is 21.8 Å². The first-order chi connectivity index (χ1) is 14.4. The SMILES string of the molecule is C=N/C=C(\C(=N/CNC1CCCCC1)NCCCN1CCOCCC1=O)C(F)(F)F. The van der Waals surface area contributed by atoms with E-state index in [9.17, 15) is 18.0 Å². The third kappa shape index (κ3) is 8.43. The van der Waals surface area contributed by atoms with Crippen molar-refractivity contribution < 1.29 is 22.7 Å². The molecule has 7 nitrogen and oxygen atoms in total. The van der Waals surface area contributed by atoms with Gasteiger partial charge in [0.15, 0.2) is 0 Å². The molecule has 1 aliphatic heterocycles. The Morgan fingerprint density at radius 1 is 1.27 bits per heavy atom. The third-order valence-electron chi connectivity index (χ3n) is 5.22. The van der Waals surface area contributed by atoms with Crippen LogP contribution in [0.2, 0.25) is 0 Å². The van der Waals surface area contributed by atoms with Crippen LogP contribution in [0.5, 0.6) is 0 Å². The molecule has 0 atom stereocenters. The number of aliphatic imine (C=N–C) groups is 2. The Morgan fingerprint density at radius 2 is 2.03 bits per heavy atom. The van der Waals surface area contributed by atoms with Crippen molar-refractivity contribution in [2.45, 2.75) is 57.2 Å². The number of carbonyl (C=O) groups excluding carboxylic acids is 1. The van der Waals surface area contributed by atoms with Gasteiger partial charge in [-0.15, -0.1) is 0 Å². The summed E-state index contributed by atoms with van der Waals surface area (Å²) in [7, 11) is 0. The van der Waals surface area contributed by atoms with Gasteiger partial charge < -0.3 is 15.0 Å². The number of amidine groups is 1. The highest BCUT2D eigenvalue weighted by Gasteiger charge is 2.37. The lowest BCUT2D eigenvalue weighted by Gasteiger charge is -2.23. The van der Waals surface area contributed by atoms with Crippen LogP contribution in [-0.2, 0) is 9.53 Å². The van der Waals surface area contributed by atoms with Crippen molar-refractivity contribution in [2.24, 2.45) is 9.98 Å². The zero-order valence-electron chi connectivity index (χ0n) is 17.3. The summed E-state index contributed by atoms with van der Waals surface area (Å²) in [5.74, 6) is -0.256. The number of carbonyl (C=O) groups is 1. The zero-order chi connectivity index (χ0) is 21.8. The van der Waals surface area contributed by atoms with Crippen LogP contribution in [0.4, 0.5) is 13.2 Å². The van der Waals surface area contributed by atoms with E-state index in [1.165, 1.54) is 6.42 Å².